The third-order valence-corrected chi connectivity index (χ3v) is 4.27. The minimum Gasteiger partial charge on any atom is -0.406 e. The summed E-state index contributed by atoms with van der Waals surface area (Å²) in [4.78, 5) is 8.70. The number of hydrogen-bond acceptors (Lipinski definition) is 4. The average molecular weight is 372 g/mol. The summed E-state index contributed by atoms with van der Waals surface area (Å²) in [6.07, 6.45) is -4.04. The lowest BCUT2D eigenvalue weighted by Gasteiger charge is -2.10. The number of alkyl halides is 3. The number of ether oxygens (including phenoxy) is 1. The zero-order valence-corrected chi connectivity index (χ0v) is 14.6. The van der Waals surface area contributed by atoms with Gasteiger partial charge in [0.15, 0.2) is 5.96 Å². The van der Waals surface area contributed by atoms with Crippen LogP contribution in [0.1, 0.15) is 30.5 Å². The summed E-state index contributed by atoms with van der Waals surface area (Å²) in [5.74, 6) is 0.292. The molecule has 0 spiro atoms. The molecule has 0 amide bonds. The molecule has 2 rings (SSSR count). The van der Waals surface area contributed by atoms with E-state index in [9.17, 15) is 13.2 Å². The Bertz CT molecular complexity index is 711. The van der Waals surface area contributed by atoms with Crippen molar-refractivity contribution in [1.82, 2.24) is 4.98 Å². The van der Waals surface area contributed by atoms with Crippen LogP contribution in [-0.2, 0) is 6.42 Å². The number of hydrogen-bond donors (Lipinski definition) is 2. The molecule has 0 fully saturated rings. The molecule has 3 N–H and O–H groups in total. The Hall–Kier alpha value is -2.29. The van der Waals surface area contributed by atoms with Crippen molar-refractivity contribution in [2.75, 3.05) is 11.9 Å². The van der Waals surface area contributed by atoms with E-state index in [0.717, 1.165) is 10.7 Å². The van der Waals surface area contributed by atoms with Gasteiger partial charge in [0, 0.05) is 30.0 Å². The van der Waals surface area contributed by atoms with E-state index in [0.29, 0.717) is 24.6 Å². The fourth-order valence-corrected chi connectivity index (χ4v) is 2.79. The molecule has 0 saturated carbocycles. The number of anilines is 1. The van der Waals surface area contributed by atoms with E-state index >= 15 is 0 Å². The predicted molar refractivity (Wildman–Crippen MR) is 93.1 cm³/mol. The SMILES string of the molecule is CC(C)c1nc(CCN=C(N)Nc2ccc(OC(F)(F)F)cc2)cs1. The molecule has 9 heteroatoms. The zero-order chi connectivity index (χ0) is 18.4. The molecule has 0 saturated heterocycles. The van der Waals surface area contributed by atoms with Crippen molar-refractivity contribution < 1.29 is 17.9 Å². The van der Waals surface area contributed by atoms with Gasteiger partial charge in [-0.2, -0.15) is 0 Å². The Morgan fingerprint density at radius 1 is 1.32 bits per heavy atom. The van der Waals surface area contributed by atoms with Crippen LogP contribution in [0, 0.1) is 0 Å². The molecule has 1 aromatic heterocycles. The molecule has 0 radical (unpaired) electrons. The van der Waals surface area contributed by atoms with Crippen LogP contribution in [0.5, 0.6) is 5.75 Å². The molecule has 0 unspecified atom stereocenters. The number of rotatable bonds is 6. The number of nitrogens with two attached hydrogens (primary N) is 1. The number of guanidine groups is 1. The van der Waals surface area contributed by atoms with Crippen molar-refractivity contribution in [1.29, 1.82) is 0 Å². The molecule has 2 aromatic rings. The molecule has 0 bridgehead atoms. The average Bonchev–Trinajstić information content (AvgIpc) is 2.97. The van der Waals surface area contributed by atoms with Crippen molar-refractivity contribution in [3.8, 4) is 5.75 Å². The highest BCUT2D eigenvalue weighted by atomic mass is 32.1. The first-order valence-corrected chi connectivity index (χ1v) is 8.48. The molecule has 5 nitrogen and oxygen atoms in total. The number of aromatic nitrogens is 1. The van der Waals surface area contributed by atoms with Gasteiger partial charge in [-0.05, 0) is 24.3 Å². The van der Waals surface area contributed by atoms with Crippen LogP contribution < -0.4 is 15.8 Å². The molecular weight excluding hydrogens is 353 g/mol. The van der Waals surface area contributed by atoms with Crippen LogP contribution >= 0.6 is 11.3 Å². The molecule has 0 aliphatic carbocycles. The van der Waals surface area contributed by atoms with E-state index in [4.69, 9.17) is 5.73 Å². The van der Waals surface area contributed by atoms with Gasteiger partial charge >= 0.3 is 6.36 Å². The van der Waals surface area contributed by atoms with E-state index in [1.165, 1.54) is 24.3 Å². The Kier molecular flexibility index (Phi) is 6.24. The molecule has 0 aliphatic heterocycles. The molecule has 25 heavy (non-hydrogen) atoms. The lowest BCUT2D eigenvalue weighted by atomic mass is 10.2. The molecule has 1 heterocycles. The minimum absolute atomic E-state index is 0.184. The third-order valence-electron chi connectivity index (χ3n) is 3.07. The predicted octanol–water partition coefficient (Wildman–Crippen LogP) is 4.13. The van der Waals surface area contributed by atoms with Crippen LogP contribution in [0.2, 0.25) is 0 Å². The van der Waals surface area contributed by atoms with Crippen LogP contribution in [0.15, 0.2) is 34.6 Å². The lowest BCUT2D eigenvalue weighted by Crippen LogP contribution is -2.23. The summed E-state index contributed by atoms with van der Waals surface area (Å²) >= 11 is 1.63. The first kappa shape index (κ1) is 19.0. The highest BCUT2D eigenvalue weighted by Gasteiger charge is 2.30. The number of nitrogens with zero attached hydrogens (tertiary/aromatic N) is 2. The minimum atomic E-state index is -4.71. The maximum absolute atomic E-state index is 12.1. The first-order chi connectivity index (χ1) is 11.7. The fraction of sp³-hybridized carbons (Fsp3) is 0.375. The molecular formula is C16H19F3N4OS. The number of benzene rings is 1. The summed E-state index contributed by atoms with van der Waals surface area (Å²) in [6, 6.07) is 5.26. The number of aliphatic imine (C=N–C) groups is 1. The summed E-state index contributed by atoms with van der Waals surface area (Å²) in [6.45, 7) is 4.65. The van der Waals surface area contributed by atoms with Gasteiger partial charge < -0.3 is 15.8 Å². The number of nitrogens with one attached hydrogen (secondary N) is 1. The monoisotopic (exact) mass is 372 g/mol. The van der Waals surface area contributed by atoms with Gasteiger partial charge in [-0.25, -0.2) is 4.98 Å². The number of halogens is 3. The zero-order valence-electron chi connectivity index (χ0n) is 13.8. The van der Waals surface area contributed by atoms with E-state index in [1.54, 1.807) is 11.3 Å². The Labute approximate surface area is 147 Å². The van der Waals surface area contributed by atoms with Crippen LogP contribution in [-0.4, -0.2) is 23.9 Å². The Morgan fingerprint density at radius 3 is 2.56 bits per heavy atom. The van der Waals surface area contributed by atoms with Gasteiger partial charge in [-0.3, -0.25) is 4.99 Å². The summed E-state index contributed by atoms with van der Waals surface area (Å²) in [5, 5.41) is 5.91. The summed E-state index contributed by atoms with van der Waals surface area (Å²) < 4.78 is 40.1. The van der Waals surface area contributed by atoms with Gasteiger partial charge in [0.05, 0.1) is 10.7 Å². The van der Waals surface area contributed by atoms with Gasteiger partial charge in [-0.15, -0.1) is 24.5 Å². The van der Waals surface area contributed by atoms with Crippen molar-refractivity contribution in [2.24, 2.45) is 10.7 Å². The molecule has 136 valence electrons. The summed E-state index contributed by atoms with van der Waals surface area (Å²) in [5.41, 5.74) is 7.26. The van der Waals surface area contributed by atoms with E-state index in [2.05, 4.69) is 33.9 Å². The molecule has 0 aliphatic rings. The third kappa shape index (κ3) is 6.61. The van der Waals surface area contributed by atoms with Gasteiger partial charge in [0.1, 0.15) is 5.75 Å². The Morgan fingerprint density at radius 2 is 2.00 bits per heavy atom. The van der Waals surface area contributed by atoms with Crippen molar-refractivity contribution in [3.63, 3.8) is 0 Å². The molecule has 1 aromatic carbocycles. The van der Waals surface area contributed by atoms with Crippen LogP contribution in [0.25, 0.3) is 0 Å². The van der Waals surface area contributed by atoms with Crippen LogP contribution in [0.4, 0.5) is 18.9 Å². The Balaban J connectivity index is 1.84. The van der Waals surface area contributed by atoms with E-state index in [1.807, 2.05) is 5.38 Å². The first-order valence-electron chi connectivity index (χ1n) is 7.60. The van der Waals surface area contributed by atoms with E-state index in [-0.39, 0.29) is 11.7 Å². The van der Waals surface area contributed by atoms with Crippen LogP contribution in [0.3, 0.4) is 0 Å². The van der Waals surface area contributed by atoms with Crippen molar-refractivity contribution >= 4 is 23.0 Å². The van der Waals surface area contributed by atoms with Crippen molar-refractivity contribution in [2.45, 2.75) is 32.5 Å². The van der Waals surface area contributed by atoms with Crippen molar-refractivity contribution in [3.05, 3.63) is 40.3 Å². The topological polar surface area (TPSA) is 72.5 Å². The maximum Gasteiger partial charge on any atom is 0.573 e. The maximum atomic E-state index is 12.1. The standard InChI is InChI=1S/C16H19F3N4OS/c1-10(2)14-22-12(9-25-14)7-8-21-15(20)23-11-3-5-13(6-4-11)24-16(17,18)19/h3-6,9-10H,7-8H2,1-2H3,(H3,20,21,23). The van der Waals surface area contributed by atoms with Gasteiger partial charge in [0.2, 0.25) is 0 Å². The quantitative estimate of drug-likeness (QED) is 0.591. The molecule has 0 atom stereocenters. The lowest BCUT2D eigenvalue weighted by molar-refractivity contribution is -0.274. The van der Waals surface area contributed by atoms with Gasteiger partial charge in [0.25, 0.3) is 0 Å². The second-order valence-electron chi connectivity index (χ2n) is 5.55. The fourth-order valence-electron chi connectivity index (χ4n) is 1.92. The largest absolute Gasteiger partial charge is 0.573 e. The smallest absolute Gasteiger partial charge is 0.406 e. The normalized spacial score (nSPS) is 12.5. The second-order valence-corrected chi connectivity index (χ2v) is 6.44. The highest BCUT2D eigenvalue weighted by molar-refractivity contribution is 7.09. The van der Waals surface area contributed by atoms with Gasteiger partial charge in [-0.1, -0.05) is 13.8 Å². The number of thiazole rings is 1. The summed E-state index contributed by atoms with van der Waals surface area (Å²) in [7, 11) is 0. The second kappa shape index (κ2) is 8.19. The van der Waals surface area contributed by atoms with E-state index < -0.39 is 6.36 Å². The highest BCUT2D eigenvalue weighted by Crippen LogP contribution is 2.24.